The smallest absolute Gasteiger partial charge is 0.422 e. The van der Waals surface area contributed by atoms with E-state index in [4.69, 9.17) is 14.2 Å². The summed E-state index contributed by atoms with van der Waals surface area (Å²) >= 11 is 0. The molecule has 330 valence electrons. The molecule has 1 saturated heterocycles. The molecule has 1 spiro atoms. The summed E-state index contributed by atoms with van der Waals surface area (Å²) in [5, 5.41) is 17.4. The van der Waals surface area contributed by atoms with Gasteiger partial charge in [-0.25, -0.2) is 13.4 Å². The molecule has 0 bridgehead atoms. The molecule has 6 atom stereocenters. The van der Waals surface area contributed by atoms with Crippen molar-refractivity contribution in [2.24, 2.45) is 5.92 Å². The standard InChI is InChI=1S/C42H56F3N5O9S/c1-25-33-28(29-21-27(13-14-30(29)46-25)57-24-42(43,44)45)16-17-40(58-33)22-32-34(51)48-41(36(53)49-60(55,56)39(5)19-20-39)18-15-26(41)11-9-7-6-8-10-12-31(35(52)50(32)23-40)47-37(54)59-38(2,3)4/h9,11,13-14,21,26,31-32,37,47,54H,6-8,10,12,15-20,22-24H2,1-5H3,(H,48,51)(H,49,53). The highest BCUT2D eigenvalue weighted by Crippen LogP contribution is 2.47. The van der Waals surface area contributed by atoms with Crippen LogP contribution in [0.1, 0.15) is 110 Å². The summed E-state index contributed by atoms with van der Waals surface area (Å²) in [5.74, 6) is -2.07. The first-order valence-corrected chi connectivity index (χ1v) is 22.3. The van der Waals surface area contributed by atoms with E-state index in [1.165, 1.54) is 17.0 Å². The molecule has 2 aliphatic carbocycles. The number of sulfonamides is 1. The number of hydrogen-bond donors (Lipinski definition) is 4. The lowest BCUT2D eigenvalue weighted by atomic mass is 9.65. The lowest BCUT2D eigenvalue weighted by Gasteiger charge is -2.48. The fraction of sp³-hybridized carbons (Fsp3) is 0.667. The average molecular weight is 864 g/mol. The summed E-state index contributed by atoms with van der Waals surface area (Å²) in [7, 11) is -4.05. The van der Waals surface area contributed by atoms with E-state index in [1.54, 1.807) is 40.7 Å². The minimum atomic E-state index is -4.53. The van der Waals surface area contributed by atoms with Crippen molar-refractivity contribution in [2.75, 3.05) is 13.2 Å². The minimum Gasteiger partial charge on any atom is -0.484 e. The van der Waals surface area contributed by atoms with Gasteiger partial charge in [0.15, 0.2) is 6.61 Å². The molecule has 2 aromatic rings. The van der Waals surface area contributed by atoms with Gasteiger partial charge in [0.25, 0.3) is 5.91 Å². The number of rotatable bonds is 8. The number of aliphatic hydroxyl groups excluding tert-OH is 1. The fourth-order valence-electron chi connectivity index (χ4n) is 8.86. The molecule has 2 saturated carbocycles. The van der Waals surface area contributed by atoms with E-state index in [0.717, 1.165) is 12.8 Å². The summed E-state index contributed by atoms with van der Waals surface area (Å²) < 4.78 is 84.5. The Morgan fingerprint density at radius 1 is 1.12 bits per heavy atom. The molecular formula is C42H56F3N5O9S. The predicted octanol–water partition coefficient (Wildman–Crippen LogP) is 4.98. The van der Waals surface area contributed by atoms with E-state index < -0.39 is 86.4 Å². The molecule has 3 aliphatic heterocycles. The van der Waals surface area contributed by atoms with Gasteiger partial charge in [0.2, 0.25) is 28.3 Å². The molecule has 1 aromatic carbocycles. The first kappa shape index (κ1) is 44.1. The highest BCUT2D eigenvalue weighted by Gasteiger charge is 2.59. The second-order valence-electron chi connectivity index (χ2n) is 18.4. The summed E-state index contributed by atoms with van der Waals surface area (Å²) in [6, 6.07) is 2.35. The molecule has 3 fully saturated rings. The number of aromatic nitrogens is 1. The van der Waals surface area contributed by atoms with Crippen molar-refractivity contribution in [2.45, 2.75) is 158 Å². The predicted molar refractivity (Wildman–Crippen MR) is 214 cm³/mol. The fourth-order valence-corrected chi connectivity index (χ4v) is 10.2. The quantitative estimate of drug-likeness (QED) is 0.207. The number of fused-ring (bicyclic) bond motifs is 5. The van der Waals surface area contributed by atoms with Gasteiger partial charge in [-0.1, -0.05) is 25.0 Å². The van der Waals surface area contributed by atoms with E-state index in [1.807, 2.05) is 12.2 Å². The van der Waals surface area contributed by atoms with Crippen LogP contribution >= 0.6 is 0 Å². The van der Waals surface area contributed by atoms with Crippen LogP contribution in [0.15, 0.2) is 30.4 Å². The number of ether oxygens (including phenoxy) is 3. The number of amides is 3. The van der Waals surface area contributed by atoms with Crippen molar-refractivity contribution >= 4 is 38.6 Å². The molecular weight excluding hydrogens is 808 g/mol. The van der Waals surface area contributed by atoms with Crippen LogP contribution in [0.3, 0.4) is 0 Å². The van der Waals surface area contributed by atoms with Crippen molar-refractivity contribution in [3.63, 3.8) is 0 Å². The number of carbonyl (C=O) groups excluding carboxylic acids is 3. The second kappa shape index (κ2) is 16.0. The Hall–Kier alpha value is -4.00. The molecule has 3 amide bonds. The van der Waals surface area contributed by atoms with Gasteiger partial charge < -0.3 is 29.5 Å². The Bertz CT molecular complexity index is 2160. The van der Waals surface area contributed by atoms with Gasteiger partial charge in [0.1, 0.15) is 28.7 Å². The maximum atomic E-state index is 14.9. The van der Waals surface area contributed by atoms with E-state index in [0.29, 0.717) is 79.3 Å². The zero-order valence-electron chi connectivity index (χ0n) is 34.7. The molecule has 18 heteroatoms. The van der Waals surface area contributed by atoms with Crippen LogP contribution in [0, 0.1) is 12.8 Å². The van der Waals surface area contributed by atoms with Crippen LogP contribution in [0.25, 0.3) is 10.9 Å². The van der Waals surface area contributed by atoms with Crippen LogP contribution in [-0.2, 0) is 35.6 Å². The summed E-state index contributed by atoms with van der Waals surface area (Å²) in [6.45, 7) is 7.09. The number of alkyl halides is 3. The van der Waals surface area contributed by atoms with Crippen LogP contribution in [0.5, 0.6) is 11.5 Å². The maximum absolute atomic E-state index is 14.9. The number of benzene rings is 1. The van der Waals surface area contributed by atoms with Crippen molar-refractivity contribution in [3.05, 3.63) is 41.6 Å². The van der Waals surface area contributed by atoms with Crippen molar-refractivity contribution < 1.29 is 55.3 Å². The van der Waals surface area contributed by atoms with Crippen molar-refractivity contribution in [1.82, 2.24) is 25.2 Å². The Morgan fingerprint density at radius 2 is 1.87 bits per heavy atom. The van der Waals surface area contributed by atoms with Crippen LogP contribution in [-0.4, -0.2) is 100 Å². The van der Waals surface area contributed by atoms with Gasteiger partial charge in [0, 0.05) is 23.3 Å². The van der Waals surface area contributed by atoms with E-state index in [9.17, 15) is 41.1 Å². The number of carbonyl (C=O) groups is 3. The highest BCUT2D eigenvalue weighted by molar-refractivity contribution is 7.91. The number of nitrogens with one attached hydrogen (secondary N) is 3. The number of pyridine rings is 1. The maximum Gasteiger partial charge on any atom is 0.422 e. The monoisotopic (exact) mass is 863 g/mol. The van der Waals surface area contributed by atoms with Crippen LogP contribution < -0.4 is 24.8 Å². The Kier molecular flexibility index (Phi) is 11.8. The lowest BCUT2D eigenvalue weighted by Crippen LogP contribution is -2.70. The molecule has 5 aliphatic rings. The average Bonchev–Trinajstić information content (AvgIpc) is 3.81. The molecule has 0 radical (unpaired) electrons. The Balaban J connectivity index is 1.24. The largest absolute Gasteiger partial charge is 0.484 e. The van der Waals surface area contributed by atoms with Crippen LogP contribution in [0.2, 0.25) is 0 Å². The number of allylic oxidation sites excluding steroid dienone is 1. The van der Waals surface area contributed by atoms with Gasteiger partial charge in [-0.15, -0.1) is 0 Å². The zero-order valence-corrected chi connectivity index (χ0v) is 35.6. The third-order valence-corrected chi connectivity index (χ3v) is 14.8. The number of aliphatic hydroxyl groups is 1. The first-order chi connectivity index (χ1) is 28.0. The van der Waals surface area contributed by atoms with Gasteiger partial charge in [0.05, 0.1) is 34.1 Å². The molecule has 6 unspecified atom stereocenters. The second-order valence-corrected chi connectivity index (χ2v) is 20.6. The van der Waals surface area contributed by atoms with E-state index in [-0.39, 0.29) is 25.1 Å². The molecule has 1 aromatic heterocycles. The van der Waals surface area contributed by atoms with Gasteiger partial charge in [-0.3, -0.25) is 24.4 Å². The first-order valence-electron chi connectivity index (χ1n) is 20.8. The number of halogens is 3. The molecule has 14 nitrogen and oxygen atoms in total. The minimum absolute atomic E-state index is 0.00143. The van der Waals surface area contributed by atoms with Crippen molar-refractivity contribution in [1.29, 1.82) is 0 Å². The number of aryl methyl sites for hydroxylation is 2. The summed E-state index contributed by atoms with van der Waals surface area (Å²) in [4.78, 5) is 50.0. The zero-order chi connectivity index (χ0) is 43.5. The Morgan fingerprint density at radius 3 is 2.53 bits per heavy atom. The molecule has 4 N–H and O–H groups in total. The summed E-state index contributed by atoms with van der Waals surface area (Å²) in [5.41, 5.74) is -1.75. The third-order valence-electron chi connectivity index (χ3n) is 12.6. The number of nitrogens with zero attached hydrogens (tertiary/aromatic N) is 2. The van der Waals surface area contributed by atoms with Gasteiger partial charge in [-0.2, -0.15) is 13.2 Å². The summed E-state index contributed by atoms with van der Waals surface area (Å²) in [6.07, 6.45) is 3.07. The van der Waals surface area contributed by atoms with E-state index in [2.05, 4.69) is 20.3 Å². The molecule has 4 heterocycles. The van der Waals surface area contributed by atoms with Crippen LogP contribution in [0.4, 0.5) is 13.2 Å². The molecule has 7 rings (SSSR count). The highest BCUT2D eigenvalue weighted by atomic mass is 32.2. The molecule has 60 heavy (non-hydrogen) atoms. The lowest BCUT2D eigenvalue weighted by molar-refractivity contribution is -0.188. The van der Waals surface area contributed by atoms with Gasteiger partial charge >= 0.3 is 6.18 Å². The number of hydrogen-bond acceptors (Lipinski definition) is 11. The van der Waals surface area contributed by atoms with Crippen molar-refractivity contribution in [3.8, 4) is 11.5 Å². The third kappa shape index (κ3) is 9.12. The van der Waals surface area contributed by atoms with Gasteiger partial charge in [-0.05, 0) is 111 Å². The normalized spacial score (nSPS) is 28.9. The Labute approximate surface area is 348 Å². The SMILES string of the molecule is Cc1nc2ccc(OCC(F)(F)F)cc2c2c1OC1(CC2)CC2C(=O)NC3(C(=O)NS(=O)(=O)C4(C)CC4)CCC3C=CCCCCCC(NC(O)OC(C)(C)C)C(=O)N2C1. The van der Waals surface area contributed by atoms with E-state index >= 15 is 0 Å². The topological polar surface area (TPSA) is 185 Å².